The lowest BCUT2D eigenvalue weighted by molar-refractivity contribution is -0.000785. The van der Waals surface area contributed by atoms with Crippen molar-refractivity contribution < 1.29 is 9.15 Å². The monoisotopic (exact) mass is 266 g/mol. The van der Waals surface area contributed by atoms with Crippen LogP contribution in [0.5, 0.6) is 0 Å². The van der Waals surface area contributed by atoms with Gasteiger partial charge in [-0.2, -0.15) is 0 Å². The van der Waals surface area contributed by atoms with Crippen LogP contribution >= 0.6 is 0 Å². The standard InChI is InChI=1S/C15H26N2O2/c1-13-14(4-7-19-13)10-17(3)12-15(11-16-2)5-8-18-9-6-15/h4,7,16H,5-6,8-12H2,1-3H3. The maximum absolute atomic E-state index is 5.52. The van der Waals surface area contributed by atoms with Crippen LogP contribution in [0.3, 0.4) is 0 Å². The number of ether oxygens (including phenoxy) is 1. The molecule has 0 bridgehead atoms. The molecule has 0 amide bonds. The summed E-state index contributed by atoms with van der Waals surface area (Å²) in [6, 6.07) is 2.07. The summed E-state index contributed by atoms with van der Waals surface area (Å²) in [5.41, 5.74) is 1.63. The summed E-state index contributed by atoms with van der Waals surface area (Å²) in [5, 5.41) is 3.35. The molecule has 2 rings (SSSR count). The smallest absolute Gasteiger partial charge is 0.105 e. The molecule has 1 N–H and O–H groups in total. The van der Waals surface area contributed by atoms with Gasteiger partial charge in [0.15, 0.2) is 0 Å². The van der Waals surface area contributed by atoms with Gasteiger partial charge in [-0.05, 0) is 45.3 Å². The number of furan rings is 1. The van der Waals surface area contributed by atoms with Gasteiger partial charge in [-0.25, -0.2) is 0 Å². The molecular weight excluding hydrogens is 240 g/mol. The normalized spacial score (nSPS) is 18.9. The summed E-state index contributed by atoms with van der Waals surface area (Å²) < 4.78 is 10.9. The number of rotatable bonds is 6. The van der Waals surface area contributed by atoms with Crippen molar-refractivity contribution in [2.45, 2.75) is 26.3 Å². The van der Waals surface area contributed by atoms with E-state index in [-0.39, 0.29) is 0 Å². The first-order valence-electron chi connectivity index (χ1n) is 7.09. The zero-order valence-corrected chi connectivity index (χ0v) is 12.4. The molecule has 1 aromatic heterocycles. The molecule has 1 saturated heterocycles. The van der Waals surface area contributed by atoms with Crippen LogP contribution in [-0.4, -0.2) is 45.3 Å². The van der Waals surface area contributed by atoms with E-state index in [1.807, 2.05) is 14.0 Å². The van der Waals surface area contributed by atoms with E-state index in [1.54, 1.807) is 6.26 Å². The van der Waals surface area contributed by atoms with Crippen molar-refractivity contribution in [2.75, 3.05) is 40.4 Å². The molecule has 1 aliphatic heterocycles. The predicted octanol–water partition coefficient (Wildman–Crippen LogP) is 2.04. The SMILES string of the molecule is CNCC1(CN(C)Cc2ccoc2C)CCOCC1. The van der Waals surface area contributed by atoms with Gasteiger partial charge >= 0.3 is 0 Å². The number of nitrogens with one attached hydrogen (secondary N) is 1. The molecule has 1 aliphatic rings. The van der Waals surface area contributed by atoms with Crippen molar-refractivity contribution in [1.29, 1.82) is 0 Å². The van der Waals surface area contributed by atoms with Gasteiger partial charge in [0.05, 0.1) is 6.26 Å². The Morgan fingerprint density at radius 3 is 2.68 bits per heavy atom. The second kappa shape index (κ2) is 6.55. The Labute approximate surface area is 116 Å². The molecule has 0 unspecified atom stereocenters. The first-order chi connectivity index (χ1) is 9.15. The van der Waals surface area contributed by atoms with Crippen molar-refractivity contribution in [1.82, 2.24) is 10.2 Å². The molecular formula is C15H26N2O2. The Kier molecular flexibility index (Phi) is 5.02. The quantitative estimate of drug-likeness (QED) is 0.855. The fraction of sp³-hybridized carbons (Fsp3) is 0.733. The summed E-state index contributed by atoms with van der Waals surface area (Å²) >= 11 is 0. The van der Waals surface area contributed by atoms with Gasteiger partial charge in [0.2, 0.25) is 0 Å². The lowest BCUT2D eigenvalue weighted by Gasteiger charge is -2.40. The fourth-order valence-corrected chi connectivity index (χ4v) is 3.06. The van der Waals surface area contributed by atoms with Crippen LogP contribution < -0.4 is 5.32 Å². The predicted molar refractivity (Wildman–Crippen MR) is 76.2 cm³/mol. The minimum Gasteiger partial charge on any atom is -0.469 e. The van der Waals surface area contributed by atoms with Gasteiger partial charge in [-0.1, -0.05) is 0 Å². The first kappa shape index (κ1) is 14.6. The Bertz CT molecular complexity index is 378. The van der Waals surface area contributed by atoms with E-state index in [0.717, 1.165) is 51.4 Å². The van der Waals surface area contributed by atoms with Gasteiger partial charge in [-0.3, -0.25) is 0 Å². The van der Waals surface area contributed by atoms with E-state index < -0.39 is 0 Å². The minimum absolute atomic E-state index is 0.347. The third-order valence-electron chi connectivity index (χ3n) is 4.12. The molecule has 0 aliphatic carbocycles. The van der Waals surface area contributed by atoms with Crippen LogP contribution in [-0.2, 0) is 11.3 Å². The third-order valence-corrected chi connectivity index (χ3v) is 4.12. The van der Waals surface area contributed by atoms with Crippen LogP contribution in [0.2, 0.25) is 0 Å². The number of hydrogen-bond acceptors (Lipinski definition) is 4. The van der Waals surface area contributed by atoms with Crippen LogP contribution in [0, 0.1) is 12.3 Å². The van der Waals surface area contributed by atoms with E-state index in [9.17, 15) is 0 Å². The molecule has 1 fully saturated rings. The van der Waals surface area contributed by atoms with Gasteiger partial charge in [0, 0.05) is 38.4 Å². The summed E-state index contributed by atoms with van der Waals surface area (Å²) in [6.07, 6.45) is 4.06. The van der Waals surface area contributed by atoms with E-state index in [0.29, 0.717) is 5.41 Å². The molecule has 2 heterocycles. The van der Waals surface area contributed by atoms with Crippen molar-refractivity contribution in [3.05, 3.63) is 23.7 Å². The number of hydrogen-bond donors (Lipinski definition) is 1. The summed E-state index contributed by atoms with van der Waals surface area (Å²) in [4.78, 5) is 2.40. The molecule has 0 saturated carbocycles. The second-order valence-electron chi connectivity index (χ2n) is 5.82. The van der Waals surface area contributed by atoms with Gasteiger partial charge in [0.25, 0.3) is 0 Å². The molecule has 0 aromatic carbocycles. The van der Waals surface area contributed by atoms with Gasteiger partial charge in [-0.15, -0.1) is 0 Å². The maximum atomic E-state index is 5.52. The average molecular weight is 266 g/mol. The highest BCUT2D eigenvalue weighted by Crippen LogP contribution is 2.31. The highest BCUT2D eigenvalue weighted by Gasteiger charge is 2.33. The fourth-order valence-electron chi connectivity index (χ4n) is 3.06. The Hall–Kier alpha value is -0.840. The molecule has 1 aromatic rings. The molecule has 0 atom stereocenters. The van der Waals surface area contributed by atoms with E-state index in [4.69, 9.17) is 9.15 Å². The van der Waals surface area contributed by atoms with Crippen LogP contribution in [0.25, 0.3) is 0 Å². The molecule has 0 spiro atoms. The van der Waals surface area contributed by atoms with Crippen LogP contribution in [0.1, 0.15) is 24.2 Å². The van der Waals surface area contributed by atoms with Crippen LogP contribution in [0.15, 0.2) is 16.7 Å². The van der Waals surface area contributed by atoms with Crippen molar-refractivity contribution in [3.63, 3.8) is 0 Å². The molecule has 19 heavy (non-hydrogen) atoms. The van der Waals surface area contributed by atoms with Gasteiger partial charge < -0.3 is 19.4 Å². The highest BCUT2D eigenvalue weighted by molar-refractivity contribution is 5.15. The minimum atomic E-state index is 0.347. The van der Waals surface area contributed by atoms with E-state index in [1.165, 1.54) is 5.56 Å². The van der Waals surface area contributed by atoms with Crippen LogP contribution in [0.4, 0.5) is 0 Å². The van der Waals surface area contributed by atoms with Crippen molar-refractivity contribution in [2.24, 2.45) is 5.41 Å². The average Bonchev–Trinajstić information content (AvgIpc) is 2.76. The number of aryl methyl sites for hydroxylation is 1. The largest absolute Gasteiger partial charge is 0.469 e. The Morgan fingerprint density at radius 1 is 1.37 bits per heavy atom. The third kappa shape index (κ3) is 3.81. The summed E-state index contributed by atoms with van der Waals surface area (Å²) in [5.74, 6) is 1.03. The van der Waals surface area contributed by atoms with Crippen molar-refractivity contribution in [3.8, 4) is 0 Å². The summed E-state index contributed by atoms with van der Waals surface area (Å²) in [6.45, 7) is 6.92. The zero-order chi connectivity index (χ0) is 13.7. The zero-order valence-electron chi connectivity index (χ0n) is 12.4. The molecule has 4 nitrogen and oxygen atoms in total. The van der Waals surface area contributed by atoms with Gasteiger partial charge in [0.1, 0.15) is 5.76 Å². The summed E-state index contributed by atoms with van der Waals surface area (Å²) in [7, 11) is 4.23. The Balaban J connectivity index is 1.94. The topological polar surface area (TPSA) is 37.6 Å². The maximum Gasteiger partial charge on any atom is 0.105 e. The lowest BCUT2D eigenvalue weighted by Crippen LogP contribution is -2.45. The number of nitrogens with zero attached hydrogens (tertiary/aromatic N) is 1. The molecule has 0 radical (unpaired) electrons. The Morgan fingerprint density at radius 2 is 2.11 bits per heavy atom. The van der Waals surface area contributed by atoms with E-state index >= 15 is 0 Å². The molecule has 4 heteroatoms. The van der Waals surface area contributed by atoms with E-state index in [2.05, 4.69) is 23.3 Å². The second-order valence-corrected chi connectivity index (χ2v) is 5.82. The van der Waals surface area contributed by atoms with Crippen molar-refractivity contribution >= 4 is 0 Å². The first-order valence-corrected chi connectivity index (χ1v) is 7.09. The highest BCUT2D eigenvalue weighted by atomic mass is 16.5. The molecule has 108 valence electrons. The lowest BCUT2D eigenvalue weighted by atomic mass is 9.79.